The first-order valence-corrected chi connectivity index (χ1v) is 16.4. The fraction of sp³-hybridized carbons (Fsp3) is 0.559. The van der Waals surface area contributed by atoms with Gasteiger partial charge in [-0.1, -0.05) is 13.0 Å². The lowest BCUT2D eigenvalue weighted by Crippen LogP contribution is -2.62. The summed E-state index contributed by atoms with van der Waals surface area (Å²) in [7, 11) is 3.21. The molecule has 274 valence electrons. The summed E-state index contributed by atoms with van der Waals surface area (Å²) in [6, 6.07) is 4.79. The lowest BCUT2D eigenvalue weighted by molar-refractivity contribution is -0.153. The average Bonchev–Trinajstić information content (AvgIpc) is 3.08. The number of hydrogen-bond donors (Lipinski definition) is 3. The first kappa shape index (κ1) is 38.5. The second-order valence-electron chi connectivity index (χ2n) is 13.0. The molecule has 1 saturated heterocycles. The number of piperazine rings is 1. The van der Waals surface area contributed by atoms with Crippen LogP contribution in [-0.4, -0.2) is 96.3 Å². The summed E-state index contributed by atoms with van der Waals surface area (Å²) in [5, 5.41) is 7.13. The van der Waals surface area contributed by atoms with E-state index in [4.69, 9.17) is 4.74 Å². The van der Waals surface area contributed by atoms with Crippen LogP contribution in [0.5, 0.6) is 5.88 Å². The number of hydrogen-bond acceptors (Lipinski definition) is 7. The molecule has 4 amide bonds. The van der Waals surface area contributed by atoms with Crippen molar-refractivity contribution in [3.05, 3.63) is 53.5 Å². The molecule has 16 heteroatoms. The number of nitrogens with zero attached hydrogens (tertiary/aromatic N) is 3. The minimum atomic E-state index is -4.18. The smallest absolute Gasteiger partial charge is 0.351 e. The molecule has 0 radical (unpaired) electrons. The van der Waals surface area contributed by atoms with Crippen LogP contribution in [0.3, 0.4) is 0 Å². The average molecular weight is 711 g/mol. The number of carbonyl (C=O) groups excluding carboxylic acids is 4. The second kappa shape index (κ2) is 15.7. The summed E-state index contributed by atoms with van der Waals surface area (Å²) in [4.78, 5) is 59.8. The predicted octanol–water partition coefficient (Wildman–Crippen LogP) is 3.87. The van der Waals surface area contributed by atoms with Gasteiger partial charge in [0.1, 0.15) is 17.4 Å². The topological polar surface area (TPSA) is 133 Å². The van der Waals surface area contributed by atoms with Gasteiger partial charge in [-0.25, -0.2) is 18.2 Å². The maximum Gasteiger partial charge on any atom is 0.351 e. The monoisotopic (exact) mass is 710 g/mol. The van der Waals surface area contributed by atoms with E-state index < -0.39 is 65.4 Å². The molecule has 4 rings (SSSR count). The molecule has 1 aromatic carbocycles. The van der Waals surface area contributed by atoms with Crippen LogP contribution >= 0.6 is 0 Å². The third-order valence-corrected chi connectivity index (χ3v) is 9.46. The highest BCUT2D eigenvalue weighted by atomic mass is 19.3. The zero-order valence-corrected chi connectivity index (χ0v) is 28.5. The Hall–Kier alpha value is -4.34. The van der Waals surface area contributed by atoms with Crippen LogP contribution in [0.1, 0.15) is 57.1 Å². The van der Waals surface area contributed by atoms with Crippen molar-refractivity contribution in [2.45, 2.75) is 75.8 Å². The van der Waals surface area contributed by atoms with E-state index in [1.165, 1.54) is 19.2 Å². The van der Waals surface area contributed by atoms with Crippen molar-refractivity contribution in [1.29, 1.82) is 0 Å². The van der Waals surface area contributed by atoms with Gasteiger partial charge >= 0.3 is 5.92 Å². The SMILES string of the molecule is CCC(=O)N[C@H](Cc1ccc(NC(=O)[C@](C)(NC(=O)C(F)(F)c2ccc(OC)nc2)C2CCC(F)(F)CC2)c(F)c1)C(=O)N1CCN(C)CC1. The predicted molar refractivity (Wildman–Crippen MR) is 173 cm³/mol. The maximum atomic E-state index is 15.5. The lowest BCUT2D eigenvalue weighted by atomic mass is 9.73. The van der Waals surface area contributed by atoms with Gasteiger partial charge in [0.05, 0.1) is 12.8 Å². The van der Waals surface area contributed by atoms with E-state index in [1.54, 1.807) is 11.8 Å². The van der Waals surface area contributed by atoms with Crippen LogP contribution < -0.4 is 20.7 Å². The molecule has 0 spiro atoms. The Morgan fingerprint density at radius 1 is 1.04 bits per heavy atom. The molecule has 2 heterocycles. The van der Waals surface area contributed by atoms with Gasteiger partial charge in [0.2, 0.25) is 29.5 Å². The van der Waals surface area contributed by atoms with Gasteiger partial charge in [-0.15, -0.1) is 0 Å². The summed E-state index contributed by atoms with van der Waals surface area (Å²) in [5.74, 6) is -12.8. The Bertz CT molecular complexity index is 1540. The van der Waals surface area contributed by atoms with Crippen molar-refractivity contribution < 1.29 is 45.9 Å². The van der Waals surface area contributed by atoms with Crippen molar-refractivity contribution in [2.75, 3.05) is 45.7 Å². The minimum Gasteiger partial charge on any atom is -0.481 e. The first-order valence-electron chi connectivity index (χ1n) is 16.4. The van der Waals surface area contributed by atoms with Crippen molar-refractivity contribution in [2.24, 2.45) is 5.92 Å². The van der Waals surface area contributed by atoms with Crippen molar-refractivity contribution in [1.82, 2.24) is 25.4 Å². The molecule has 50 heavy (non-hydrogen) atoms. The van der Waals surface area contributed by atoms with E-state index in [0.717, 1.165) is 31.3 Å². The number of carbonyl (C=O) groups is 4. The number of pyridine rings is 1. The van der Waals surface area contributed by atoms with Gasteiger partial charge in [-0.3, -0.25) is 19.2 Å². The molecule has 2 aromatic rings. The van der Waals surface area contributed by atoms with E-state index in [1.807, 2.05) is 7.05 Å². The molecule has 11 nitrogen and oxygen atoms in total. The molecule has 3 N–H and O–H groups in total. The molecule has 2 aliphatic rings. The van der Waals surface area contributed by atoms with Gasteiger partial charge in [0.25, 0.3) is 5.91 Å². The lowest BCUT2D eigenvalue weighted by Gasteiger charge is -2.41. The van der Waals surface area contributed by atoms with Crippen LogP contribution in [0.25, 0.3) is 0 Å². The third-order valence-electron chi connectivity index (χ3n) is 9.46. The number of alkyl halides is 4. The number of halogens is 5. The highest BCUT2D eigenvalue weighted by Gasteiger charge is 2.51. The molecule has 2 fully saturated rings. The maximum absolute atomic E-state index is 15.5. The first-order chi connectivity index (χ1) is 23.5. The highest BCUT2D eigenvalue weighted by Crippen LogP contribution is 2.42. The second-order valence-corrected chi connectivity index (χ2v) is 13.0. The molecular weight excluding hydrogens is 667 g/mol. The number of aromatic nitrogens is 1. The summed E-state index contributed by atoms with van der Waals surface area (Å²) in [6.45, 7) is 5.02. The van der Waals surface area contributed by atoms with Gasteiger partial charge < -0.3 is 30.5 Å². The zero-order chi connectivity index (χ0) is 36.9. The summed E-state index contributed by atoms with van der Waals surface area (Å²) in [5.41, 5.74) is -3.00. The number of anilines is 1. The van der Waals surface area contributed by atoms with Crippen LogP contribution in [0, 0.1) is 11.7 Å². The van der Waals surface area contributed by atoms with Crippen LogP contribution in [-0.2, 0) is 31.5 Å². The summed E-state index contributed by atoms with van der Waals surface area (Å²) >= 11 is 0. The summed E-state index contributed by atoms with van der Waals surface area (Å²) in [6.07, 6.45) is -1.02. The number of ether oxygens (including phenoxy) is 1. The van der Waals surface area contributed by atoms with Crippen molar-refractivity contribution in [3.8, 4) is 5.88 Å². The summed E-state index contributed by atoms with van der Waals surface area (Å²) < 4.78 is 79.2. The molecular formula is C34H43F5N6O5. The minimum absolute atomic E-state index is 0.0215. The number of amides is 4. The van der Waals surface area contributed by atoms with Crippen molar-refractivity contribution >= 4 is 29.3 Å². The fourth-order valence-electron chi connectivity index (χ4n) is 6.11. The molecule has 1 aliphatic carbocycles. The Labute approximate surface area is 287 Å². The Balaban J connectivity index is 1.55. The number of rotatable bonds is 12. The van der Waals surface area contributed by atoms with Crippen LogP contribution in [0.15, 0.2) is 36.5 Å². The number of methoxy groups -OCH3 is 1. The molecule has 1 aliphatic heterocycles. The highest BCUT2D eigenvalue weighted by molar-refractivity contribution is 6.01. The van der Waals surface area contributed by atoms with Crippen LogP contribution in [0.2, 0.25) is 0 Å². The quantitative estimate of drug-likeness (QED) is 0.285. The van der Waals surface area contributed by atoms with Gasteiger partial charge in [0.15, 0.2) is 0 Å². The van der Waals surface area contributed by atoms with E-state index in [2.05, 4.69) is 25.8 Å². The standard InChI is InChI=1S/C34H43F5N6O5/c1-5-27(46)41-26(29(47)45-16-14-44(3)15-17-45)19-21-6-8-25(24(35)18-21)42-30(48)32(2,22-10-12-33(36,37)13-11-22)43-31(49)34(38,39)23-7-9-28(50-4)40-20-23/h6-9,18,20,22,26H,5,10-17,19H2,1-4H3,(H,41,46)(H,42,48)(H,43,49)/t26-,32-/m1/s1. The van der Waals surface area contributed by atoms with E-state index in [9.17, 15) is 28.0 Å². The van der Waals surface area contributed by atoms with Crippen LogP contribution in [0.4, 0.5) is 27.6 Å². The van der Waals surface area contributed by atoms with Gasteiger partial charge in [0, 0.05) is 69.7 Å². The Morgan fingerprint density at radius 3 is 2.26 bits per heavy atom. The van der Waals surface area contributed by atoms with Gasteiger partial charge in [-0.05, 0) is 56.5 Å². The van der Waals surface area contributed by atoms with E-state index in [-0.39, 0.29) is 49.1 Å². The number of nitrogens with one attached hydrogen (secondary N) is 3. The number of benzene rings is 1. The Kier molecular flexibility index (Phi) is 12.1. The Morgan fingerprint density at radius 2 is 1.70 bits per heavy atom. The third kappa shape index (κ3) is 9.06. The molecule has 0 bridgehead atoms. The van der Waals surface area contributed by atoms with E-state index >= 15 is 13.2 Å². The van der Waals surface area contributed by atoms with E-state index in [0.29, 0.717) is 31.7 Å². The molecule has 0 unspecified atom stereocenters. The normalized spacial score (nSPS) is 18.8. The molecule has 2 atom stereocenters. The van der Waals surface area contributed by atoms with Crippen molar-refractivity contribution in [3.63, 3.8) is 0 Å². The largest absolute Gasteiger partial charge is 0.481 e. The number of likely N-dealkylation sites (N-methyl/N-ethyl adjacent to an activating group) is 1. The van der Waals surface area contributed by atoms with Gasteiger partial charge in [-0.2, -0.15) is 8.78 Å². The zero-order valence-electron chi connectivity index (χ0n) is 28.5. The fourth-order valence-corrected chi connectivity index (χ4v) is 6.11. The molecule has 1 aromatic heterocycles. The molecule has 1 saturated carbocycles.